The van der Waals surface area contributed by atoms with Gasteiger partial charge >= 0.3 is 0 Å². The lowest BCUT2D eigenvalue weighted by atomic mass is 9.89. The maximum atomic E-state index is 11.9. The van der Waals surface area contributed by atoms with Gasteiger partial charge in [-0.05, 0) is 32.6 Å². The van der Waals surface area contributed by atoms with Crippen LogP contribution in [0.3, 0.4) is 0 Å². The van der Waals surface area contributed by atoms with E-state index in [-0.39, 0.29) is 18.1 Å². The lowest BCUT2D eigenvalue weighted by Crippen LogP contribution is -2.54. The smallest absolute Gasteiger partial charge is 0.237 e. The Hall–Kier alpha value is -0.610. The topological polar surface area (TPSA) is 61.4 Å². The molecule has 4 nitrogen and oxygen atoms in total. The predicted molar refractivity (Wildman–Crippen MR) is 66.6 cm³/mol. The molecule has 0 heterocycles. The maximum Gasteiger partial charge on any atom is 0.237 e. The number of aliphatic hydroxyl groups excluding tert-OH is 1. The fourth-order valence-electron chi connectivity index (χ4n) is 2.73. The molecule has 2 aliphatic rings. The minimum atomic E-state index is -0.166. The summed E-state index contributed by atoms with van der Waals surface area (Å²) in [4.78, 5) is 11.9. The molecular weight excluding hydrogens is 216 g/mol. The van der Waals surface area contributed by atoms with Crippen molar-refractivity contribution in [2.75, 3.05) is 0 Å². The number of nitrogens with one attached hydrogen (secondary N) is 2. The Morgan fingerprint density at radius 2 is 1.82 bits per heavy atom. The van der Waals surface area contributed by atoms with E-state index in [1.807, 2.05) is 6.92 Å². The van der Waals surface area contributed by atoms with Gasteiger partial charge in [-0.15, -0.1) is 0 Å². The monoisotopic (exact) mass is 240 g/mol. The van der Waals surface area contributed by atoms with Gasteiger partial charge in [-0.1, -0.05) is 19.3 Å². The van der Waals surface area contributed by atoms with Crippen LogP contribution >= 0.6 is 0 Å². The zero-order valence-electron chi connectivity index (χ0n) is 10.6. The molecule has 1 atom stereocenters. The summed E-state index contributed by atoms with van der Waals surface area (Å²) in [6.07, 6.45) is 7.42. The summed E-state index contributed by atoms with van der Waals surface area (Å²) in [5.41, 5.74) is 0. The first-order valence-electron chi connectivity index (χ1n) is 6.89. The number of aliphatic hydroxyl groups is 1. The first-order chi connectivity index (χ1) is 8.15. The molecule has 0 bridgehead atoms. The third-order valence-corrected chi connectivity index (χ3v) is 3.94. The molecule has 2 fully saturated rings. The van der Waals surface area contributed by atoms with Crippen molar-refractivity contribution in [1.29, 1.82) is 0 Å². The van der Waals surface area contributed by atoms with Crippen molar-refractivity contribution in [2.45, 2.75) is 76.1 Å². The summed E-state index contributed by atoms with van der Waals surface area (Å²) < 4.78 is 0. The molecule has 3 N–H and O–H groups in total. The molecule has 17 heavy (non-hydrogen) atoms. The van der Waals surface area contributed by atoms with Crippen molar-refractivity contribution in [3.63, 3.8) is 0 Å². The molecular formula is C13H24N2O2. The fraction of sp³-hybridized carbons (Fsp3) is 0.923. The SMILES string of the molecule is CC(NC1CC(O)C1)C(=O)NC1CCCCC1. The van der Waals surface area contributed by atoms with Crippen molar-refractivity contribution >= 4 is 5.91 Å². The molecule has 2 saturated carbocycles. The van der Waals surface area contributed by atoms with Gasteiger partial charge in [-0.2, -0.15) is 0 Å². The highest BCUT2D eigenvalue weighted by molar-refractivity contribution is 5.81. The van der Waals surface area contributed by atoms with Crippen molar-refractivity contribution < 1.29 is 9.90 Å². The Labute approximate surface area is 103 Å². The number of hydrogen-bond acceptors (Lipinski definition) is 3. The van der Waals surface area contributed by atoms with E-state index in [0.29, 0.717) is 12.1 Å². The molecule has 2 aliphatic carbocycles. The van der Waals surface area contributed by atoms with E-state index < -0.39 is 0 Å². The second kappa shape index (κ2) is 5.83. The lowest BCUT2D eigenvalue weighted by Gasteiger charge is -2.34. The molecule has 1 amide bonds. The first kappa shape index (κ1) is 12.8. The van der Waals surface area contributed by atoms with Gasteiger partial charge in [0.2, 0.25) is 5.91 Å². The molecule has 0 aromatic heterocycles. The van der Waals surface area contributed by atoms with Gasteiger partial charge in [0.05, 0.1) is 12.1 Å². The van der Waals surface area contributed by atoms with Crippen LogP contribution in [0.25, 0.3) is 0 Å². The molecule has 98 valence electrons. The molecule has 4 heteroatoms. The van der Waals surface area contributed by atoms with E-state index in [9.17, 15) is 9.90 Å². The quantitative estimate of drug-likeness (QED) is 0.685. The van der Waals surface area contributed by atoms with Crippen molar-refractivity contribution in [2.24, 2.45) is 0 Å². The Morgan fingerprint density at radius 3 is 2.41 bits per heavy atom. The van der Waals surface area contributed by atoms with Crippen molar-refractivity contribution in [1.82, 2.24) is 10.6 Å². The van der Waals surface area contributed by atoms with Gasteiger partial charge in [-0.25, -0.2) is 0 Å². The number of carbonyl (C=O) groups excluding carboxylic acids is 1. The highest BCUT2D eigenvalue weighted by Gasteiger charge is 2.30. The predicted octanol–water partition coefficient (Wildman–Crippen LogP) is 0.937. The van der Waals surface area contributed by atoms with Gasteiger partial charge < -0.3 is 15.7 Å². The van der Waals surface area contributed by atoms with Crippen LogP contribution in [-0.4, -0.2) is 35.2 Å². The van der Waals surface area contributed by atoms with Crippen LogP contribution in [0.5, 0.6) is 0 Å². The molecule has 0 aromatic carbocycles. The molecule has 2 rings (SSSR count). The Balaban J connectivity index is 1.67. The van der Waals surface area contributed by atoms with Gasteiger partial charge in [0, 0.05) is 12.1 Å². The van der Waals surface area contributed by atoms with Gasteiger partial charge in [0.1, 0.15) is 0 Å². The lowest BCUT2D eigenvalue weighted by molar-refractivity contribution is -0.124. The summed E-state index contributed by atoms with van der Waals surface area (Å²) in [5, 5.41) is 15.6. The van der Waals surface area contributed by atoms with E-state index in [1.54, 1.807) is 0 Å². The number of carbonyl (C=O) groups is 1. The second-order valence-electron chi connectivity index (χ2n) is 5.55. The van der Waals surface area contributed by atoms with Crippen LogP contribution in [0.1, 0.15) is 51.9 Å². The number of rotatable bonds is 4. The standard InChI is InChI=1S/C13H24N2O2/c1-9(14-11-7-12(16)8-11)13(17)15-10-5-3-2-4-6-10/h9-12,14,16H,2-8H2,1H3,(H,15,17). The zero-order chi connectivity index (χ0) is 12.3. The van der Waals surface area contributed by atoms with E-state index in [4.69, 9.17) is 0 Å². The zero-order valence-corrected chi connectivity index (χ0v) is 10.6. The maximum absolute atomic E-state index is 11.9. The van der Waals surface area contributed by atoms with Gasteiger partial charge in [0.15, 0.2) is 0 Å². The van der Waals surface area contributed by atoms with Gasteiger partial charge in [0.25, 0.3) is 0 Å². The first-order valence-corrected chi connectivity index (χ1v) is 6.89. The molecule has 0 radical (unpaired) electrons. The molecule has 0 spiro atoms. The average molecular weight is 240 g/mol. The van der Waals surface area contributed by atoms with E-state index in [2.05, 4.69) is 10.6 Å². The average Bonchev–Trinajstić information content (AvgIpc) is 2.28. The third kappa shape index (κ3) is 3.68. The fourth-order valence-corrected chi connectivity index (χ4v) is 2.73. The third-order valence-electron chi connectivity index (χ3n) is 3.94. The van der Waals surface area contributed by atoms with E-state index >= 15 is 0 Å². The minimum Gasteiger partial charge on any atom is -0.393 e. The Bertz CT molecular complexity index is 258. The largest absolute Gasteiger partial charge is 0.393 e. The summed E-state index contributed by atoms with van der Waals surface area (Å²) in [6.45, 7) is 1.91. The summed E-state index contributed by atoms with van der Waals surface area (Å²) in [7, 11) is 0. The van der Waals surface area contributed by atoms with Crippen LogP contribution in [0, 0.1) is 0 Å². The highest BCUT2D eigenvalue weighted by Crippen LogP contribution is 2.20. The van der Waals surface area contributed by atoms with E-state index in [1.165, 1.54) is 19.3 Å². The molecule has 1 unspecified atom stereocenters. The minimum absolute atomic E-state index is 0.110. The normalized spacial score (nSPS) is 31.6. The Morgan fingerprint density at radius 1 is 1.18 bits per heavy atom. The van der Waals surface area contributed by atoms with Crippen molar-refractivity contribution in [3.8, 4) is 0 Å². The van der Waals surface area contributed by atoms with Gasteiger partial charge in [-0.3, -0.25) is 4.79 Å². The summed E-state index contributed by atoms with van der Waals surface area (Å²) >= 11 is 0. The van der Waals surface area contributed by atoms with Crippen LogP contribution in [-0.2, 0) is 4.79 Å². The summed E-state index contributed by atoms with van der Waals surface area (Å²) in [6, 6.07) is 0.555. The molecule has 0 aliphatic heterocycles. The molecule has 0 saturated heterocycles. The summed E-state index contributed by atoms with van der Waals surface area (Å²) in [5.74, 6) is 0.110. The molecule has 0 aromatic rings. The number of hydrogen-bond donors (Lipinski definition) is 3. The number of amides is 1. The van der Waals surface area contributed by atoms with Crippen molar-refractivity contribution in [3.05, 3.63) is 0 Å². The van der Waals surface area contributed by atoms with Crippen LogP contribution in [0.2, 0.25) is 0 Å². The highest BCUT2D eigenvalue weighted by atomic mass is 16.3. The second-order valence-corrected chi connectivity index (χ2v) is 5.55. The van der Waals surface area contributed by atoms with Crippen LogP contribution < -0.4 is 10.6 Å². The van der Waals surface area contributed by atoms with Crippen LogP contribution in [0.4, 0.5) is 0 Å². The Kier molecular flexibility index (Phi) is 4.40. The van der Waals surface area contributed by atoms with E-state index in [0.717, 1.165) is 25.7 Å². The van der Waals surface area contributed by atoms with Crippen LogP contribution in [0.15, 0.2) is 0 Å².